The molecule has 2 heterocycles. The van der Waals surface area contributed by atoms with E-state index in [1.165, 1.54) is 0 Å². The van der Waals surface area contributed by atoms with Crippen LogP contribution in [0.5, 0.6) is 0 Å². The van der Waals surface area contributed by atoms with Crippen molar-refractivity contribution < 1.29 is 9.53 Å². The number of fused-ring (bicyclic) bond motifs is 3. The van der Waals surface area contributed by atoms with Crippen LogP contribution in [-0.2, 0) is 17.7 Å². The van der Waals surface area contributed by atoms with E-state index in [1.807, 2.05) is 20.8 Å². The molecule has 1 amide bonds. The SMILES string of the molecule is CC(C)(C)OC(=O)N[C@H]1Cc2cc3c(Br)cc(Cl)c(Cl)c3n2C1. The van der Waals surface area contributed by atoms with Gasteiger partial charge in [0.2, 0.25) is 0 Å². The molecule has 3 rings (SSSR count). The van der Waals surface area contributed by atoms with Crippen molar-refractivity contribution in [3.05, 3.63) is 32.3 Å². The predicted octanol–water partition coefficient (Wildman–Crippen LogP) is 5.16. The van der Waals surface area contributed by atoms with Crippen LogP contribution in [-0.4, -0.2) is 22.3 Å². The largest absolute Gasteiger partial charge is 0.444 e. The topological polar surface area (TPSA) is 43.3 Å². The summed E-state index contributed by atoms with van der Waals surface area (Å²) in [4.78, 5) is 11.9. The molecule has 7 heteroatoms. The third kappa shape index (κ3) is 3.32. The second kappa shape index (κ2) is 5.87. The highest BCUT2D eigenvalue weighted by molar-refractivity contribution is 9.10. The van der Waals surface area contributed by atoms with Crippen molar-refractivity contribution in [3.63, 3.8) is 0 Å². The molecule has 4 nitrogen and oxygen atoms in total. The lowest BCUT2D eigenvalue weighted by Gasteiger charge is -2.21. The molecule has 0 spiro atoms. The first-order valence-electron chi connectivity index (χ1n) is 7.31. The molecule has 2 aromatic rings. The Bertz CT molecular complexity index is 796. The highest BCUT2D eigenvalue weighted by atomic mass is 79.9. The van der Waals surface area contributed by atoms with Gasteiger partial charge in [0.1, 0.15) is 5.60 Å². The summed E-state index contributed by atoms with van der Waals surface area (Å²) < 4.78 is 8.34. The summed E-state index contributed by atoms with van der Waals surface area (Å²) in [6.45, 7) is 6.18. The van der Waals surface area contributed by atoms with E-state index in [1.54, 1.807) is 6.07 Å². The molecular formula is C16H17BrCl2N2O2. The van der Waals surface area contributed by atoms with Crippen molar-refractivity contribution in [1.82, 2.24) is 9.88 Å². The molecule has 1 aromatic carbocycles. The molecule has 0 saturated heterocycles. The van der Waals surface area contributed by atoms with E-state index in [2.05, 4.69) is 31.9 Å². The first-order valence-corrected chi connectivity index (χ1v) is 8.86. The summed E-state index contributed by atoms with van der Waals surface area (Å²) in [5.41, 5.74) is 1.51. The molecule has 1 atom stereocenters. The smallest absolute Gasteiger partial charge is 0.407 e. The van der Waals surface area contributed by atoms with E-state index in [-0.39, 0.29) is 6.04 Å². The van der Waals surface area contributed by atoms with Crippen molar-refractivity contribution in [2.45, 2.75) is 45.4 Å². The van der Waals surface area contributed by atoms with Crippen LogP contribution in [0.4, 0.5) is 4.79 Å². The van der Waals surface area contributed by atoms with Gasteiger partial charge in [-0.25, -0.2) is 4.79 Å². The van der Waals surface area contributed by atoms with Crippen LogP contribution in [0.2, 0.25) is 10.0 Å². The van der Waals surface area contributed by atoms with Crippen LogP contribution in [0.1, 0.15) is 26.5 Å². The van der Waals surface area contributed by atoms with Crippen LogP contribution in [0, 0.1) is 0 Å². The lowest BCUT2D eigenvalue weighted by Crippen LogP contribution is -2.39. The number of halogens is 3. The van der Waals surface area contributed by atoms with E-state index in [0.29, 0.717) is 16.6 Å². The Labute approximate surface area is 153 Å². The van der Waals surface area contributed by atoms with Crippen LogP contribution in [0.3, 0.4) is 0 Å². The number of nitrogens with one attached hydrogen (secondary N) is 1. The van der Waals surface area contributed by atoms with E-state index < -0.39 is 11.7 Å². The first kappa shape index (κ1) is 16.9. The average molecular weight is 420 g/mol. The Balaban J connectivity index is 1.84. The Morgan fingerprint density at radius 1 is 1.39 bits per heavy atom. The Hall–Kier alpha value is -0.910. The maximum absolute atomic E-state index is 11.9. The second-order valence-corrected chi connectivity index (χ2v) is 8.35. The zero-order chi connectivity index (χ0) is 16.9. The van der Waals surface area contributed by atoms with Gasteiger partial charge in [0, 0.05) is 28.5 Å². The molecule has 1 aliphatic heterocycles. The van der Waals surface area contributed by atoms with E-state index in [4.69, 9.17) is 27.9 Å². The average Bonchev–Trinajstić information content (AvgIpc) is 2.90. The number of benzene rings is 1. The number of aromatic nitrogens is 1. The molecule has 1 aromatic heterocycles. The number of nitrogens with zero attached hydrogens (tertiary/aromatic N) is 1. The summed E-state index contributed by atoms with van der Waals surface area (Å²) >= 11 is 16.1. The lowest BCUT2D eigenvalue weighted by atomic mass is 10.2. The van der Waals surface area contributed by atoms with Gasteiger partial charge in [-0.3, -0.25) is 0 Å². The quantitative estimate of drug-likeness (QED) is 0.648. The lowest BCUT2D eigenvalue weighted by molar-refractivity contribution is 0.0504. The predicted molar refractivity (Wildman–Crippen MR) is 96.5 cm³/mol. The maximum Gasteiger partial charge on any atom is 0.407 e. The number of amides is 1. The maximum atomic E-state index is 11.9. The number of hydrogen-bond acceptors (Lipinski definition) is 2. The van der Waals surface area contributed by atoms with Crippen molar-refractivity contribution in [1.29, 1.82) is 0 Å². The molecule has 0 bridgehead atoms. The van der Waals surface area contributed by atoms with Crippen LogP contribution >= 0.6 is 39.1 Å². The minimum absolute atomic E-state index is 0.0157. The number of hydrogen-bond donors (Lipinski definition) is 1. The highest BCUT2D eigenvalue weighted by Crippen LogP contribution is 2.39. The Morgan fingerprint density at radius 3 is 2.74 bits per heavy atom. The van der Waals surface area contributed by atoms with Crippen LogP contribution < -0.4 is 5.32 Å². The molecule has 1 N–H and O–H groups in total. The van der Waals surface area contributed by atoms with Crippen LogP contribution in [0.25, 0.3) is 10.9 Å². The standard InChI is InChI=1S/C16H17BrCl2N2O2/c1-16(2,3)23-15(22)20-8-4-9-5-10-11(17)6-12(18)13(19)14(10)21(9)7-8/h5-6,8H,4,7H2,1-3H3,(H,20,22)/t8-/m0/s1. The van der Waals surface area contributed by atoms with Gasteiger partial charge in [-0.15, -0.1) is 0 Å². The fraction of sp³-hybridized carbons (Fsp3) is 0.438. The summed E-state index contributed by atoms with van der Waals surface area (Å²) in [6, 6.07) is 3.87. The van der Waals surface area contributed by atoms with Gasteiger partial charge in [0.05, 0.1) is 21.6 Å². The van der Waals surface area contributed by atoms with Crippen molar-refractivity contribution in [3.8, 4) is 0 Å². The molecule has 0 unspecified atom stereocenters. The van der Waals surface area contributed by atoms with Crippen molar-refractivity contribution in [2.24, 2.45) is 0 Å². The zero-order valence-corrected chi connectivity index (χ0v) is 16.1. The second-order valence-electron chi connectivity index (χ2n) is 6.71. The number of carbonyl (C=O) groups excluding carboxylic acids is 1. The minimum atomic E-state index is -0.508. The summed E-state index contributed by atoms with van der Waals surface area (Å²) in [5.74, 6) is 0. The van der Waals surface area contributed by atoms with Gasteiger partial charge < -0.3 is 14.6 Å². The van der Waals surface area contributed by atoms with Gasteiger partial charge in [-0.2, -0.15) is 0 Å². The number of carbonyl (C=O) groups is 1. The van der Waals surface area contributed by atoms with Gasteiger partial charge in [0.15, 0.2) is 0 Å². The van der Waals surface area contributed by atoms with Gasteiger partial charge in [-0.05, 0) is 32.9 Å². The van der Waals surface area contributed by atoms with Crippen molar-refractivity contribution >= 4 is 56.1 Å². The number of ether oxygens (including phenoxy) is 1. The third-order valence-corrected chi connectivity index (χ3v) is 5.12. The fourth-order valence-electron chi connectivity index (χ4n) is 2.87. The summed E-state index contributed by atoms with van der Waals surface area (Å²) in [7, 11) is 0. The van der Waals surface area contributed by atoms with E-state index in [0.717, 1.165) is 27.5 Å². The molecule has 0 radical (unpaired) electrons. The molecular weight excluding hydrogens is 403 g/mol. The summed E-state index contributed by atoms with van der Waals surface area (Å²) in [5, 5.41) is 4.99. The zero-order valence-electron chi connectivity index (χ0n) is 13.0. The fourth-order valence-corrected chi connectivity index (χ4v) is 3.99. The number of rotatable bonds is 1. The molecule has 0 aliphatic carbocycles. The normalized spacial score (nSPS) is 17.4. The Kier molecular flexibility index (Phi) is 4.32. The molecule has 23 heavy (non-hydrogen) atoms. The van der Waals surface area contributed by atoms with E-state index >= 15 is 0 Å². The van der Waals surface area contributed by atoms with Gasteiger partial charge in [-0.1, -0.05) is 39.1 Å². The third-order valence-electron chi connectivity index (χ3n) is 3.69. The molecule has 0 fully saturated rings. The van der Waals surface area contributed by atoms with Crippen LogP contribution in [0.15, 0.2) is 16.6 Å². The molecule has 1 aliphatic rings. The number of alkyl carbamates (subject to hydrolysis) is 1. The molecule has 0 saturated carbocycles. The van der Waals surface area contributed by atoms with Gasteiger partial charge >= 0.3 is 6.09 Å². The Morgan fingerprint density at radius 2 is 2.09 bits per heavy atom. The van der Waals surface area contributed by atoms with Crippen molar-refractivity contribution in [2.75, 3.05) is 0 Å². The molecule has 124 valence electrons. The first-order chi connectivity index (χ1) is 10.7. The monoisotopic (exact) mass is 418 g/mol. The van der Waals surface area contributed by atoms with Gasteiger partial charge in [0.25, 0.3) is 0 Å². The highest BCUT2D eigenvalue weighted by Gasteiger charge is 2.28. The minimum Gasteiger partial charge on any atom is -0.444 e. The van der Waals surface area contributed by atoms with E-state index in [9.17, 15) is 4.79 Å². The summed E-state index contributed by atoms with van der Waals surface area (Å²) in [6.07, 6.45) is 0.330.